The van der Waals surface area contributed by atoms with Gasteiger partial charge in [-0.25, -0.2) is 4.98 Å². The minimum Gasteiger partial charge on any atom is -0.384 e. The summed E-state index contributed by atoms with van der Waals surface area (Å²) in [6, 6.07) is 19.2. The third-order valence-electron chi connectivity index (χ3n) is 6.68. The van der Waals surface area contributed by atoms with Crippen LogP contribution in [0.1, 0.15) is 47.8 Å². The molecule has 0 atom stereocenters. The van der Waals surface area contributed by atoms with Crippen molar-refractivity contribution < 1.29 is 0 Å². The van der Waals surface area contributed by atoms with Crippen molar-refractivity contribution in [1.82, 2.24) is 14.1 Å². The lowest BCUT2D eigenvalue weighted by atomic mass is 10.0. The van der Waals surface area contributed by atoms with E-state index in [2.05, 4.69) is 35.8 Å². The predicted octanol–water partition coefficient (Wildman–Crippen LogP) is 4.90. The van der Waals surface area contributed by atoms with Crippen LogP contribution < -0.4 is 17.0 Å². The number of nitrogens with one attached hydrogen (secondary N) is 2. The predicted molar refractivity (Wildman–Crippen MR) is 156 cm³/mol. The molecule has 0 radical (unpaired) electrons. The van der Waals surface area contributed by atoms with Crippen LogP contribution in [0.3, 0.4) is 0 Å². The highest BCUT2D eigenvalue weighted by Crippen LogP contribution is 2.28. The highest BCUT2D eigenvalue weighted by Gasteiger charge is 2.21. The number of hydrogen-bond donors (Lipinski definition) is 4. The largest absolute Gasteiger partial charge is 0.384 e. The molecule has 6 N–H and O–H groups in total. The number of aromatic nitrogens is 3. The van der Waals surface area contributed by atoms with E-state index < -0.39 is 0 Å². The van der Waals surface area contributed by atoms with Gasteiger partial charge < -0.3 is 20.6 Å². The SMILES string of the molecule is CC(C)c1nc2c(Br)cn(Cc3ccccc3C(=N)N)c(=O)c2n1Cc1ccc2ccc(C(=N)N)cc2c1. The van der Waals surface area contributed by atoms with E-state index in [0.717, 1.165) is 32.2 Å². The first-order valence-corrected chi connectivity index (χ1v) is 13.0. The summed E-state index contributed by atoms with van der Waals surface area (Å²) in [6.07, 6.45) is 1.75. The van der Waals surface area contributed by atoms with E-state index in [1.165, 1.54) is 0 Å². The van der Waals surface area contributed by atoms with Gasteiger partial charge in [-0.15, -0.1) is 0 Å². The highest BCUT2D eigenvalue weighted by atomic mass is 79.9. The topological polar surface area (TPSA) is 140 Å². The van der Waals surface area contributed by atoms with Gasteiger partial charge in [0.2, 0.25) is 0 Å². The molecule has 0 aliphatic carbocycles. The number of nitrogens with zero attached hydrogens (tertiary/aromatic N) is 3. The molecule has 0 unspecified atom stereocenters. The van der Waals surface area contributed by atoms with Crippen LogP contribution in [0.2, 0.25) is 0 Å². The summed E-state index contributed by atoms with van der Waals surface area (Å²) in [5, 5.41) is 17.7. The van der Waals surface area contributed by atoms with Crippen LogP contribution in [0.5, 0.6) is 0 Å². The first-order chi connectivity index (χ1) is 18.1. The van der Waals surface area contributed by atoms with Gasteiger partial charge >= 0.3 is 0 Å². The minimum absolute atomic E-state index is 0.0248. The second-order valence-corrected chi connectivity index (χ2v) is 10.6. The van der Waals surface area contributed by atoms with E-state index in [1.807, 2.05) is 53.1 Å². The van der Waals surface area contributed by atoms with Crippen LogP contribution in [0.4, 0.5) is 0 Å². The Balaban J connectivity index is 1.65. The Kier molecular flexibility index (Phi) is 6.62. The van der Waals surface area contributed by atoms with Crippen molar-refractivity contribution in [3.05, 3.63) is 110 Å². The van der Waals surface area contributed by atoms with Gasteiger partial charge in [-0.2, -0.15) is 0 Å². The number of pyridine rings is 1. The van der Waals surface area contributed by atoms with Gasteiger partial charge in [0.1, 0.15) is 28.5 Å². The van der Waals surface area contributed by atoms with Crippen LogP contribution in [-0.4, -0.2) is 25.8 Å². The standard InChI is InChI=1S/C29H28BrN7O/c1-16(2)28-35-24-23(30)15-36(14-20-5-3-4-6-22(20)27(33)34)29(38)25(24)37(28)13-17-7-8-18-9-10-19(26(31)32)12-21(18)11-17/h3-12,15-16H,13-14H2,1-2H3,(H3,31,32)(H3,33,34). The number of fused-ring (bicyclic) bond motifs is 2. The number of imidazole rings is 1. The number of nitrogen functional groups attached to an aromatic ring is 2. The van der Waals surface area contributed by atoms with E-state index >= 15 is 0 Å². The smallest absolute Gasteiger partial charge is 0.277 e. The number of benzene rings is 3. The quantitative estimate of drug-likeness (QED) is 0.163. The average molecular weight is 570 g/mol. The number of rotatable bonds is 7. The molecule has 3 aromatic carbocycles. The zero-order chi connectivity index (χ0) is 27.1. The monoisotopic (exact) mass is 569 g/mol. The van der Waals surface area contributed by atoms with Gasteiger partial charge in [0.25, 0.3) is 5.56 Å². The molecular formula is C29H28BrN7O. The lowest BCUT2D eigenvalue weighted by Gasteiger charge is -2.14. The molecule has 192 valence electrons. The van der Waals surface area contributed by atoms with Gasteiger partial charge in [-0.1, -0.05) is 62.4 Å². The molecule has 0 saturated heterocycles. The van der Waals surface area contributed by atoms with E-state index in [9.17, 15) is 4.79 Å². The van der Waals surface area contributed by atoms with Gasteiger partial charge in [0.15, 0.2) is 0 Å². The van der Waals surface area contributed by atoms with E-state index in [4.69, 9.17) is 27.3 Å². The molecule has 8 nitrogen and oxygen atoms in total. The maximum absolute atomic E-state index is 13.9. The Labute approximate surface area is 228 Å². The average Bonchev–Trinajstić information content (AvgIpc) is 3.27. The molecule has 5 aromatic rings. The van der Waals surface area contributed by atoms with Crippen molar-refractivity contribution in [2.24, 2.45) is 11.5 Å². The Morgan fingerprint density at radius 3 is 2.42 bits per heavy atom. The first kappa shape index (κ1) is 25.4. The summed E-state index contributed by atoms with van der Waals surface area (Å²) in [5.74, 6) is 0.893. The third-order valence-corrected chi connectivity index (χ3v) is 7.26. The van der Waals surface area contributed by atoms with Gasteiger partial charge in [-0.05, 0) is 50.0 Å². The normalized spacial score (nSPS) is 11.5. The Morgan fingerprint density at radius 2 is 1.71 bits per heavy atom. The van der Waals surface area contributed by atoms with Crippen molar-refractivity contribution in [3.8, 4) is 0 Å². The first-order valence-electron chi connectivity index (χ1n) is 12.2. The van der Waals surface area contributed by atoms with Crippen molar-refractivity contribution in [3.63, 3.8) is 0 Å². The van der Waals surface area contributed by atoms with E-state index in [-0.39, 0.29) is 29.7 Å². The second-order valence-electron chi connectivity index (χ2n) is 9.70. The molecule has 0 spiro atoms. The summed E-state index contributed by atoms with van der Waals surface area (Å²) in [4.78, 5) is 18.8. The van der Waals surface area contributed by atoms with Gasteiger partial charge in [0.05, 0.1) is 11.0 Å². The third kappa shape index (κ3) is 4.61. The number of amidine groups is 2. The van der Waals surface area contributed by atoms with Crippen LogP contribution >= 0.6 is 15.9 Å². The van der Waals surface area contributed by atoms with Crippen molar-refractivity contribution in [2.75, 3.05) is 0 Å². The van der Waals surface area contributed by atoms with Crippen LogP contribution in [-0.2, 0) is 13.1 Å². The molecule has 5 rings (SSSR count). The van der Waals surface area contributed by atoms with E-state index in [1.54, 1.807) is 16.8 Å². The lowest BCUT2D eigenvalue weighted by molar-refractivity contribution is 0.677. The molecule has 0 amide bonds. The van der Waals surface area contributed by atoms with Gasteiger partial charge in [0, 0.05) is 29.8 Å². The van der Waals surface area contributed by atoms with Crippen LogP contribution in [0, 0.1) is 10.8 Å². The molecule has 0 aliphatic rings. The molecule has 38 heavy (non-hydrogen) atoms. The van der Waals surface area contributed by atoms with Crippen molar-refractivity contribution in [2.45, 2.75) is 32.9 Å². The van der Waals surface area contributed by atoms with E-state index in [0.29, 0.717) is 28.7 Å². The Bertz CT molecular complexity index is 1800. The Morgan fingerprint density at radius 1 is 0.974 bits per heavy atom. The fourth-order valence-corrected chi connectivity index (χ4v) is 5.34. The van der Waals surface area contributed by atoms with Crippen molar-refractivity contribution >= 4 is 49.4 Å². The molecule has 0 aliphatic heterocycles. The fraction of sp³-hybridized carbons (Fsp3) is 0.172. The molecule has 2 heterocycles. The summed E-state index contributed by atoms with van der Waals surface area (Å²) < 4.78 is 4.35. The molecule has 2 aromatic heterocycles. The van der Waals surface area contributed by atoms with Gasteiger partial charge in [-0.3, -0.25) is 15.6 Å². The zero-order valence-corrected chi connectivity index (χ0v) is 22.7. The molecular weight excluding hydrogens is 542 g/mol. The van der Waals surface area contributed by atoms with Crippen molar-refractivity contribution in [1.29, 1.82) is 10.8 Å². The zero-order valence-electron chi connectivity index (χ0n) is 21.1. The van der Waals surface area contributed by atoms with Crippen LogP contribution in [0.15, 0.2) is 76.1 Å². The molecule has 0 saturated carbocycles. The molecule has 9 heteroatoms. The maximum atomic E-state index is 13.9. The summed E-state index contributed by atoms with van der Waals surface area (Å²) in [7, 11) is 0. The summed E-state index contributed by atoms with van der Waals surface area (Å²) in [5.41, 5.74) is 15.5. The lowest BCUT2D eigenvalue weighted by Crippen LogP contribution is -2.24. The summed E-state index contributed by atoms with van der Waals surface area (Å²) in [6.45, 7) is 4.86. The maximum Gasteiger partial charge on any atom is 0.277 e. The fourth-order valence-electron chi connectivity index (χ4n) is 4.81. The van der Waals surface area contributed by atoms with Crippen LogP contribution in [0.25, 0.3) is 21.8 Å². The summed E-state index contributed by atoms with van der Waals surface area (Å²) >= 11 is 3.64. The number of hydrogen-bond acceptors (Lipinski definition) is 4. The second kappa shape index (κ2) is 9.90. The minimum atomic E-state index is -0.166. The molecule has 0 bridgehead atoms. The number of nitrogens with two attached hydrogens (primary N) is 2. The highest BCUT2D eigenvalue weighted by molar-refractivity contribution is 9.10. The number of halogens is 1. The Hall–Kier alpha value is -4.24. The molecule has 0 fully saturated rings.